The van der Waals surface area contributed by atoms with Crippen LogP contribution in [0.25, 0.3) is 0 Å². The lowest BCUT2D eigenvalue weighted by Gasteiger charge is -2.07. The molecule has 0 amide bonds. The zero-order valence-electron chi connectivity index (χ0n) is 10.4. The lowest BCUT2D eigenvalue weighted by atomic mass is 10.2. The topological polar surface area (TPSA) is 65.3 Å². The normalized spacial score (nSPS) is 10.3. The van der Waals surface area contributed by atoms with Gasteiger partial charge in [-0.2, -0.15) is 0 Å². The van der Waals surface area contributed by atoms with Crippen LogP contribution >= 0.6 is 15.9 Å². The molecule has 0 radical (unpaired) electrons. The largest absolute Gasteiger partial charge is 0.432 e. The summed E-state index contributed by atoms with van der Waals surface area (Å²) in [6.07, 6.45) is 0. The van der Waals surface area contributed by atoms with Crippen molar-refractivity contribution in [3.63, 3.8) is 0 Å². The quantitative estimate of drug-likeness (QED) is 0.628. The van der Waals surface area contributed by atoms with Gasteiger partial charge >= 0.3 is 5.69 Å². The first kappa shape index (κ1) is 13.5. The van der Waals surface area contributed by atoms with Crippen molar-refractivity contribution in [3.05, 3.63) is 56.2 Å². The average molecular weight is 323 g/mol. The molecule has 0 aliphatic rings. The Morgan fingerprint density at radius 3 is 2.63 bits per heavy atom. The molecule has 0 spiro atoms. The summed E-state index contributed by atoms with van der Waals surface area (Å²) in [5.74, 6) is 0.512. The molecule has 0 saturated heterocycles. The maximum absolute atomic E-state index is 11.0. The maximum atomic E-state index is 11.0. The molecule has 0 aliphatic heterocycles. The summed E-state index contributed by atoms with van der Waals surface area (Å²) in [6.45, 7) is 3.61. The molecule has 1 aromatic heterocycles. The molecule has 0 atom stereocenters. The van der Waals surface area contributed by atoms with Crippen molar-refractivity contribution in [2.75, 3.05) is 0 Å². The molecule has 0 fully saturated rings. The molecule has 0 saturated carbocycles. The van der Waals surface area contributed by atoms with E-state index in [4.69, 9.17) is 4.74 Å². The Labute approximate surface area is 118 Å². The Bertz CT molecular complexity index is 644. The van der Waals surface area contributed by atoms with E-state index in [9.17, 15) is 10.1 Å². The van der Waals surface area contributed by atoms with Crippen LogP contribution in [0.4, 0.5) is 5.69 Å². The van der Waals surface area contributed by atoms with Crippen LogP contribution in [0.3, 0.4) is 0 Å². The lowest BCUT2D eigenvalue weighted by molar-refractivity contribution is -0.385. The summed E-state index contributed by atoms with van der Waals surface area (Å²) in [5, 5.41) is 11.0. The Morgan fingerprint density at radius 1 is 1.26 bits per heavy atom. The van der Waals surface area contributed by atoms with E-state index < -0.39 is 4.92 Å². The number of pyridine rings is 1. The highest BCUT2D eigenvalue weighted by molar-refractivity contribution is 9.10. The monoisotopic (exact) mass is 322 g/mol. The second-order valence-corrected chi connectivity index (χ2v) is 4.90. The van der Waals surface area contributed by atoms with E-state index in [-0.39, 0.29) is 11.4 Å². The predicted molar refractivity (Wildman–Crippen MR) is 74.6 cm³/mol. The summed E-state index contributed by atoms with van der Waals surface area (Å²) in [5.41, 5.74) is 1.49. The van der Waals surface area contributed by atoms with E-state index in [2.05, 4.69) is 20.9 Å². The first-order valence-corrected chi connectivity index (χ1v) is 6.32. The van der Waals surface area contributed by atoms with Crippen LogP contribution in [-0.2, 0) is 0 Å². The lowest BCUT2D eigenvalue weighted by Crippen LogP contribution is -1.96. The van der Waals surface area contributed by atoms with Crippen molar-refractivity contribution in [2.45, 2.75) is 13.8 Å². The highest BCUT2D eigenvalue weighted by Crippen LogP contribution is 2.31. The third-order valence-electron chi connectivity index (χ3n) is 2.52. The van der Waals surface area contributed by atoms with Gasteiger partial charge in [0.15, 0.2) is 0 Å². The third-order valence-corrected chi connectivity index (χ3v) is 3.36. The molecule has 0 N–H and O–H groups in total. The Morgan fingerprint density at radius 2 is 2.00 bits per heavy atom. The fourth-order valence-electron chi connectivity index (χ4n) is 1.55. The van der Waals surface area contributed by atoms with Gasteiger partial charge in [-0.1, -0.05) is 6.07 Å². The number of aromatic nitrogens is 1. The van der Waals surface area contributed by atoms with Gasteiger partial charge in [0.2, 0.25) is 11.6 Å². The van der Waals surface area contributed by atoms with Crippen LogP contribution in [0.5, 0.6) is 11.6 Å². The Balaban J connectivity index is 2.37. The number of hydrogen-bond donors (Lipinski definition) is 0. The summed E-state index contributed by atoms with van der Waals surface area (Å²) in [4.78, 5) is 14.7. The molecule has 2 aromatic rings. The van der Waals surface area contributed by atoms with Gasteiger partial charge in [0, 0.05) is 16.6 Å². The summed E-state index contributed by atoms with van der Waals surface area (Å²) < 4.78 is 6.35. The number of ether oxygens (including phenoxy) is 1. The minimum absolute atomic E-state index is 0.0672. The zero-order valence-corrected chi connectivity index (χ0v) is 12.0. The number of benzene rings is 1. The second kappa shape index (κ2) is 5.36. The molecule has 0 bridgehead atoms. The highest BCUT2D eigenvalue weighted by atomic mass is 79.9. The molecule has 1 aromatic carbocycles. The summed E-state index contributed by atoms with van der Waals surface area (Å²) in [7, 11) is 0. The van der Waals surface area contributed by atoms with Crippen LogP contribution in [0.2, 0.25) is 0 Å². The first-order chi connectivity index (χ1) is 8.97. The van der Waals surface area contributed by atoms with Crippen molar-refractivity contribution in [1.82, 2.24) is 4.98 Å². The maximum Gasteiger partial charge on any atom is 0.311 e. The number of aryl methyl sites for hydroxylation is 2. The number of nitrogens with zero attached hydrogens (tertiary/aromatic N) is 2. The molecule has 1 heterocycles. The van der Waals surface area contributed by atoms with Crippen LogP contribution in [0.15, 0.2) is 34.8 Å². The standard InChI is InChI=1S/C13H11BrN2O3/c1-8-3-5-12(11(7-8)16(17)18)19-13-6-4-10(14)9(2)15-13/h3-7H,1-2H3. The van der Waals surface area contributed by atoms with Gasteiger partial charge in [-0.25, -0.2) is 4.98 Å². The first-order valence-electron chi connectivity index (χ1n) is 5.53. The fraction of sp³-hybridized carbons (Fsp3) is 0.154. The second-order valence-electron chi connectivity index (χ2n) is 4.05. The fourth-order valence-corrected chi connectivity index (χ4v) is 1.77. The van der Waals surface area contributed by atoms with Gasteiger partial charge in [-0.15, -0.1) is 0 Å². The Hall–Kier alpha value is -1.95. The molecule has 6 heteroatoms. The van der Waals surface area contributed by atoms with E-state index in [1.54, 1.807) is 31.2 Å². The van der Waals surface area contributed by atoms with Gasteiger partial charge in [0.05, 0.1) is 10.6 Å². The van der Waals surface area contributed by atoms with Crippen LogP contribution in [-0.4, -0.2) is 9.91 Å². The number of nitro groups is 1. The van der Waals surface area contributed by atoms with Gasteiger partial charge in [-0.05, 0) is 47.5 Å². The highest BCUT2D eigenvalue weighted by Gasteiger charge is 2.16. The van der Waals surface area contributed by atoms with Crippen LogP contribution in [0, 0.1) is 24.0 Å². The SMILES string of the molecule is Cc1ccc(Oc2ccc(Br)c(C)n2)c([N+](=O)[O-])c1. The third kappa shape index (κ3) is 3.08. The number of rotatable bonds is 3. The summed E-state index contributed by atoms with van der Waals surface area (Å²) in [6, 6.07) is 8.25. The van der Waals surface area contributed by atoms with E-state index >= 15 is 0 Å². The van der Waals surface area contributed by atoms with Crippen molar-refractivity contribution in [2.24, 2.45) is 0 Å². The van der Waals surface area contributed by atoms with Crippen molar-refractivity contribution in [1.29, 1.82) is 0 Å². The number of halogens is 1. The molecule has 0 unspecified atom stereocenters. The smallest absolute Gasteiger partial charge is 0.311 e. The molecule has 0 aliphatic carbocycles. The van der Waals surface area contributed by atoms with E-state index in [1.807, 2.05) is 6.92 Å². The van der Waals surface area contributed by atoms with Crippen molar-refractivity contribution < 1.29 is 9.66 Å². The van der Waals surface area contributed by atoms with E-state index in [1.165, 1.54) is 6.07 Å². The molecular weight excluding hydrogens is 312 g/mol. The summed E-state index contributed by atoms with van der Waals surface area (Å²) >= 11 is 3.34. The van der Waals surface area contributed by atoms with Gasteiger partial charge < -0.3 is 4.74 Å². The average Bonchev–Trinajstić information content (AvgIpc) is 2.36. The molecule has 98 valence electrons. The Kier molecular flexibility index (Phi) is 3.80. The van der Waals surface area contributed by atoms with Crippen molar-refractivity contribution in [3.8, 4) is 11.6 Å². The van der Waals surface area contributed by atoms with E-state index in [0.29, 0.717) is 5.88 Å². The molecular formula is C13H11BrN2O3. The van der Waals surface area contributed by atoms with E-state index in [0.717, 1.165) is 15.7 Å². The minimum atomic E-state index is -0.464. The van der Waals surface area contributed by atoms with Gasteiger partial charge in [-0.3, -0.25) is 10.1 Å². The zero-order chi connectivity index (χ0) is 14.0. The minimum Gasteiger partial charge on any atom is -0.432 e. The van der Waals surface area contributed by atoms with Crippen LogP contribution < -0.4 is 4.74 Å². The van der Waals surface area contributed by atoms with Crippen molar-refractivity contribution >= 4 is 21.6 Å². The number of hydrogen-bond acceptors (Lipinski definition) is 4. The van der Waals surface area contributed by atoms with Gasteiger partial charge in [0.25, 0.3) is 0 Å². The predicted octanol–water partition coefficient (Wildman–Crippen LogP) is 4.16. The van der Waals surface area contributed by atoms with Crippen LogP contribution in [0.1, 0.15) is 11.3 Å². The molecule has 2 rings (SSSR count). The van der Waals surface area contributed by atoms with Gasteiger partial charge in [0.1, 0.15) is 0 Å². The molecule has 19 heavy (non-hydrogen) atoms. The number of nitro benzene ring substituents is 1. The molecule has 5 nitrogen and oxygen atoms in total.